The van der Waals surface area contributed by atoms with Crippen LogP contribution in [0.1, 0.15) is 25.7 Å². The lowest BCUT2D eigenvalue weighted by Gasteiger charge is -2.10. The van der Waals surface area contributed by atoms with Crippen LogP contribution in [0.3, 0.4) is 0 Å². The number of pyridine rings is 1. The lowest BCUT2D eigenvalue weighted by atomic mass is 9.96. The average molecular weight is 439 g/mol. The molecule has 3 rings (SSSR count). The topological polar surface area (TPSA) is 141 Å². The summed E-state index contributed by atoms with van der Waals surface area (Å²) in [5, 5.41) is 14.1. The summed E-state index contributed by atoms with van der Waals surface area (Å²) in [6.07, 6.45) is 17.1. The van der Waals surface area contributed by atoms with Crippen molar-refractivity contribution in [3.63, 3.8) is 0 Å². The maximum atomic E-state index is 11.5. The van der Waals surface area contributed by atoms with Crippen molar-refractivity contribution in [3.8, 4) is 17.2 Å². The van der Waals surface area contributed by atoms with E-state index in [1.807, 2.05) is 24.4 Å². The number of anilines is 2. The molecule has 0 aromatic carbocycles. The zero-order valence-electron chi connectivity index (χ0n) is 17.4. The van der Waals surface area contributed by atoms with Gasteiger partial charge in [-0.15, -0.1) is 0 Å². The summed E-state index contributed by atoms with van der Waals surface area (Å²) in [6.45, 7) is 0. The molecule has 1 aliphatic carbocycles. The molecule has 2 aromatic rings. The zero-order chi connectivity index (χ0) is 22.4. The molecule has 0 amide bonds. The van der Waals surface area contributed by atoms with E-state index in [-0.39, 0.29) is 18.0 Å². The highest BCUT2D eigenvalue weighted by Gasteiger charge is 2.16. The number of nitriles is 1. The van der Waals surface area contributed by atoms with Crippen LogP contribution in [-0.2, 0) is 9.84 Å². The highest BCUT2D eigenvalue weighted by atomic mass is 32.2. The van der Waals surface area contributed by atoms with Gasteiger partial charge >= 0.3 is 0 Å². The van der Waals surface area contributed by atoms with E-state index in [9.17, 15) is 13.7 Å². The lowest BCUT2D eigenvalue weighted by molar-refractivity contribution is 0.595. The van der Waals surface area contributed by atoms with Crippen LogP contribution in [0.15, 0.2) is 54.5 Å². The SMILES string of the molecule is CS(=O)(=O)CCC(C#N)C1=C/CCCC=C(n2cc(-c3ccnc(N)c3N)cn2)/C=C\1. The van der Waals surface area contributed by atoms with E-state index in [0.29, 0.717) is 5.69 Å². The average Bonchev–Trinajstić information content (AvgIpc) is 3.23. The number of nitrogen functional groups attached to an aromatic ring is 2. The van der Waals surface area contributed by atoms with Gasteiger partial charge in [0.15, 0.2) is 0 Å². The Morgan fingerprint density at radius 3 is 2.77 bits per heavy atom. The Hall–Kier alpha value is -3.38. The van der Waals surface area contributed by atoms with Crippen LogP contribution in [-0.4, -0.2) is 35.2 Å². The summed E-state index contributed by atoms with van der Waals surface area (Å²) >= 11 is 0. The summed E-state index contributed by atoms with van der Waals surface area (Å²) in [5.41, 5.74) is 15.6. The molecule has 1 unspecified atom stereocenters. The number of nitrogens with zero attached hydrogens (tertiary/aromatic N) is 4. The van der Waals surface area contributed by atoms with Crippen molar-refractivity contribution in [1.29, 1.82) is 5.26 Å². The number of rotatable bonds is 6. The van der Waals surface area contributed by atoms with Gasteiger partial charge in [-0.05, 0) is 43.4 Å². The maximum absolute atomic E-state index is 11.5. The second-order valence-corrected chi connectivity index (χ2v) is 9.79. The molecule has 0 fully saturated rings. The minimum atomic E-state index is -3.13. The molecule has 4 N–H and O–H groups in total. The molecule has 8 nitrogen and oxygen atoms in total. The molecule has 0 aliphatic heterocycles. The van der Waals surface area contributed by atoms with E-state index in [4.69, 9.17) is 11.5 Å². The largest absolute Gasteiger partial charge is 0.395 e. The fraction of sp³-hybridized carbons (Fsp3) is 0.318. The second kappa shape index (κ2) is 9.62. The third kappa shape index (κ3) is 5.83. The highest BCUT2D eigenvalue weighted by molar-refractivity contribution is 7.90. The van der Waals surface area contributed by atoms with Crippen molar-refractivity contribution >= 4 is 27.0 Å². The zero-order valence-corrected chi connectivity index (χ0v) is 18.2. The fourth-order valence-corrected chi connectivity index (χ4v) is 4.03. The third-order valence-electron chi connectivity index (χ3n) is 5.10. The van der Waals surface area contributed by atoms with Crippen molar-refractivity contribution in [2.24, 2.45) is 5.92 Å². The quantitative estimate of drug-likeness (QED) is 0.705. The van der Waals surface area contributed by atoms with Crippen molar-refractivity contribution in [2.75, 3.05) is 23.5 Å². The van der Waals surface area contributed by atoms with Gasteiger partial charge in [-0.3, -0.25) is 0 Å². The Morgan fingerprint density at radius 1 is 1.26 bits per heavy atom. The first-order valence-electron chi connectivity index (χ1n) is 9.99. The van der Waals surface area contributed by atoms with E-state index < -0.39 is 15.8 Å². The lowest BCUT2D eigenvalue weighted by Crippen LogP contribution is -2.10. The van der Waals surface area contributed by atoms with Crippen molar-refractivity contribution < 1.29 is 8.42 Å². The summed E-state index contributed by atoms with van der Waals surface area (Å²) in [4.78, 5) is 3.99. The first-order valence-corrected chi connectivity index (χ1v) is 12.1. The normalized spacial score (nSPS) is 18.5. The van der Waals surface area contributed by atoms with Gasteiger partial charge in [-0.1, -0.05) is 18.2 Å². The molecular formula is C22H26N6O2S. The predicted octanol–water partition coefficient (Wildman–Crippen LogP) is 3.19. The molecule has 0 saturated carbocycles. The molecule has 0 spiro atoms. The summed E-state index contributed by atoms with van der Waals surface area (Å²) in [6, 6.07) is 4.04. The van der Waals surface area contributed by atoms with Crippen molar-refractivity contribution in [3.05, 3.63) is 54.5 Å². The van der Waals surface area contributed by atoms with Crippen LogP contribution in [0, 0.1) is 17.2 Å². The molecule has 162 valence electrons. The minimum absolute atomic E-state index is 0.0158. The van der Waals surface area contributed by atoms with Crippen LogP contribution >= 0.6 is 0 Å². The van der Waals surface area contributed by atoms with Gasteiger partial charge in [0, 0.05) is 29.8 Å². The molecule has 31 heavy (non-hydrogen) atoms. The molecule has 2 heterocycles. The van der Waals surface area contributed by atoms with E-state index >= 15 is 0 Å². The van der Waals surface area contributed by atoms with Gasteiger partial charge in [0.2, 0.25) is 0 Å². The van der Waals surface area contributed by atoms with E-state index in [2.05, 4.69) is 22.2 Å². The molecule has 2 aromatic heterocycles. The van der Waals surface area contributed by atoms with Crippen LogP contribution in [0.5, 0.6) is 0 Å². The van der Waals surface area contributed by atoms with Crippen LogP contribution in [0.2, 0.25) is 0 Å². The van der Waals surface area contributed by atoms with Crippen LogP contribution in [0.4, 0.5) is 11.5 Å². The van der Waals surface area contributed by atoms with Crippen molar-refractivity contribution in [2.45, 2.75) is 25.7 Å². The number of hydrogen-bond donors (Lipinski definition) is 2. The Kier molecular flexibility index (Phi) is 6.92. The Balaban J connectivity index is 1.86. The first-order chi connectivity index (χ1) is 14.8. The number of aromatic nitrogens is 3. The van der Waals surface area contributed by atoms with Gasteiger partial charge in [0.05, 0.1) is 35.3 Å². The highest BCUT2D eigenvalue weighted by Crippen LogP contribution is 2.29. The number of nitrogens with two attached hydrogens (primary N) is 2. The molecule has 9 heteroatoms. The van der Waals surface area contributed by atoms with Crippen LogP contribution in [0.25, 0.3) is 16.8 Å². The molecule has 0 radical (unpaired) electrons. The maximum Gasteiger partial charge on any atom is 0.147 e. The van der Waals surface area contributed by atoms with Crippen LogP contribution < -0.4 is 11.5 Å². The van der Waals surface area contributed by atoms with Gasteiger partial charge in [0.1, 0.15) is 15.7 Å². The summed E-state index contributed by atoms with van der Waals surface area (Å²) < 4.78 is 24.8. The number of allylic oxidation sites excluding steroid dienone is 6. The molecular weight excluding hydrogens is 412 g/mol. The number of hydrogen-bond acceptors (Lipinski definition) is 7. The predicted molar refractivity (Wildman–Crippen MR) is 123 cm³/mol. The standard InChI is InChI=1S/C22H26N6O2S/c1-31(29,30)12-10-17(13-23)16-5-3-2-4-6-19(8-7-16)28-15-18(14-27-28)20-9-11-26-22(25)21(20)24/h5-9,11,14-15,17H,2-4,10,12,24H2,1H3,(H2,25,26)/b8-7-,16-5+,19-6?. The third-order valence-corrected chi connectivity index (χ3v) is 6.08. The van der Waals surface area contributed by atoms with Crippen molar-refractivity contribution in [1.82, 2.24) is 14.8 Å². The van der Waals surface area contributed by atoms with Gasteiger partial charge in [-0.2, -0.15) is 10.4 Å². The van der Waals surface area contributed by atoms with E-state index in [1.165, 1.54) is 6.26 Å². The van der Waals surface area contributed by atoms with Gasteiger partial charge in [-0.25, -0.2) is 18.1 Å². The Labute approximate surface area is 182 Å². The summed E-state index contributed by atoms with van der Waals surface area (Å²) in [7, 11) is -3.13. The second-order valence-electron chi connectivity index (χ2n) is 7.53. The van der Waals surface area contributed by atoms with E-state index in [1.54, 1.807) is 23.1 Å². The molecule has 1 atom stereocenters. The molecule has 0 bridgehead atoms. The first kappa shape index (κ1) is 22.3. The van der Waals surface area contributed by atoms with E-state index in [0.717, 1.165) is 41.7 Å². The number of sulfone groups is 1. The molecule has 1 aliphatic rings. The van der Waals surface area contributed by atoms with Gasteiger partial charge < -0.3 is 11.5 Å². The Morgan fingerprint density at radius 2 is 2.03 bits per heavy atom. The molecule has 0 saturated heterocycles. The summed E-state index contributed by atoms with van der Waals surface area (Å²) in [5.74, 6) is -0.214. The smallest absolute Gasteiger partial charge is 0.147 e. The fourth-order valence-electron chi connectivity index (χ4n) is 3.36. The van der Waals surface area contributed by atoms with Gasteiger partial charge in [0.25, 0.3) is 0 Å². The Bertz CT molecular complexity index is 1180. The monoisotopic (exact) mass is 438 g/mol. The minimum Gasteiger partial charge on any atom is -0.395 e.